The molecule has 6 nitrogen and oxygen atoms in total. The summed E-state index contributed by atoms with van der Waals surface area (Å²) < 4.78 is 29.2. The molecule has 27 heavy (non-hydrogen) atoms. The molecule has 8 heteroatoms. The fourth-order valence-electron chi connectivity index (χ4n) is 3.60. The lowest BCUT2D eigenvalue weighted by Gasteiger charge is -2.34. The van der Waals surface area contributed by atoms with Gasteiger partial charge < -0.3 is 9.47 Å². The van der Waals surface area contributed by atoms with E-state index in [1.807, 2.05) is 26.8 Å². The van der Waals surface area contributed by atoms with Crippen LogP contribution < -0.4 is 0 Å². The van der Waals surface area contributed by atoms with Crippen molar-refractivity contribution in [3.8, 4) is 0 Å². The number of hydrogen-bond donors (Lipinski definition) is 0. The third-order valence-corrected chi connectivity index (χ3v) is 7.50. The minimum Gasteiger partial charge on any atom is -0.349 e. The van der Waals surface area contributed by atoms with Crippen molar-refractivity contribution >= 4 is 27.5 Å². The monoisotopic (exact) mass is 409 g/mol. The van der Waals surface area contributed by atoms with Crippen molar-refractivity contribution in [3.05, 3.63) is 52.3 Å². The zero-order chi connectivity index (χ0) is 19.8. The molecule has 1 aliphatic heterocycles. The molecule has 0 saturated carbocycles. The third-order valence-electron chi connectivity index (χ3n) is 5.10. The second kappa shape index (κ2) is 7.66. The summed E-state index contributed by atoms with van der Waals surface area (Å²) in [5.41, 5.74) is 2.70. The number of sulfonamides is 1. The van der Waals surface area contributed by atoms with Gasteiger partial charge in [0.25, 0.3) is 5.91 Å². The highest BCUT2D eigenvalue weighted by atomic mass is 35.5. The fourth-order valence-corrected chi connectivity index (χ4v) is 5.51. The Hall–Kier alpha value is -1.83. The maximum Gasteiger partial charge on any atom is 0.255 e. The van der Waals surface area contributed by atoms with Gasteiger partial charge in [-0.3, -0.25) is 4.79 Å². The molecule has 1 amide bonds. The second-order valence-electron chi connectivity index (χ2n) is 6.66. The fraction of sp³-hybridized carbons (Fsp3) is 0.421. The van der Waals surface area contributed by atoms with Gasteiger partial charge in [-0.2, -0.15) is 4.31 Å². The molecular formula is C19H24ClN3O3S. The van der Waals surface area contributed by atoms with Crippen molar-refractivity contribution in [2.45, 2.75) is 32.2 Å². The van der Waals surface area contributed by atoms with Gasteiger partial charge in [0.1, 0.15) is 4.90 Å². The zero-order valence-corrected chi connectivity index (χ0v) is 17.3. The van der Waals surface area contributed by atoms with Crippen LogP contribution in [0.25, 0.3) is 0 Å². The van der Waals surface area contributed by atoms with Crippen LogP contribution in [-0.4, -0.2) is 54.3 Å². The Morgan fingerprint density at radius 3 is 2.30 bits per heavy atom. The summed E-state index contributed by atoms with van der Waals surface area (Å²) in [4.78, 5) is 14.7. The van der Waals surface area contributed by atoms with Crippen LogP contribution >= 0.6 is 11.6 Å². The van der Waals surface area contributed by atoms with E-state index in [0.717, 1.165) is 17.9 Å². The van der Waals surface area contributed by atoms with Crippen LogP contribution in [0.2, 0.25) is 5.02 Å². The van der Waals surface area contributed by atoms with Crippen molar-refractivity contribution in [3.63, 3.8) is 0 Å². The van der Waals surface area contributed by atoms with Crippen molar-refractivity contribution in [2.75, 3.05) is 26.2 Å². The molecule has 2 aromatic rings. The van der Waals surface area contributed by atoms with Gasteiger partial charge in [0.15, 0.2) is 0 Å². The van der Waals surface area contributed by atoms with E-state index in [1.165, 1.54) is 10.4 Å². The molecule has 2 heterocycles. The second-order valence-corrected chi connectivity index (χ2v) is 8.97. The van der Waals surface area contributed by atoms with E-state index in [1.54, 1.807) is 23.1 Å². The average molecular weight is 410 g/mol. The van der Waals surface area contributed by atoms with Crippen LogP contribution in [0, 0.1) is 13.8 Å². The summed E-state index contributed by atoms with van der Waals surface area (Å²) in [5, 5.41) is 0.211. The number of rotatable bonds is 4. The summed E-state index contributed by atoms with van der Waals surface area (Å²) in [6, 6.07) is 8.34. The van der Waals surface area contributed by atoms with Gasteiger partial charge in [-0.25, -0.2) is 8.42 Å². The molecule has 1 aromatic carbocycles. The predicted molar refractivity (Wildman–Crippen MR) is 106 cm³/mol. The molecule has 0 spiro atoms. The van der Waals surface area contributed by atoms with Crippen LogP contribution in [-0.2, 0) is 16.6 Å². The van der Waals surface area contributed by atoms with Gasteiger partial charge in [0, 0.05) is 44.1 Å². The Balaban J connectivity index is 1.74. The minimum atomic E-state index is -3.66. The number of nitrogens with zero attached hydrogens (tertiary/aromatic N) is 3. The highest BCUT2D eigenvalue weighted by Crippen LogP contribution is 2.25. The number of amides is 1. The van der Waals surface area contributed by atoms with Gasteiger partial charge in [0.2, 0.25) is 10.0 Å². The maximum absolute atomic E-state index is 12.9. The van der Waals surface area contributed by atoms with Gasteiger partial charge in [-0.05, 0) is 39.0 Å². The molecule has 0 unspecified atom stereocenters. The molecule has 0 radical (unpaired) electrons. The summed E-state index contributed by atoms with van der Waals surface area (Å²) in [7, 11) is -3.66. The van der Waals surface area contributed by atoms with E-state index >= 15 is 0 Å². The molecular weight excluding hydrogens is 386 g/mol. The molecule has 1 aromatic heterocycles. The standard InChI is InChI=1S/C19H24ClN3O3S/c1-4-23-14(2)13-16(15(23)3)19(24)21-9-11-22(12-10-21)27(25,26)18-8-6-5-7-17(18)20/h5-8,13H,4,9-12H2,1-3H3. The van der Waals surface area contributed by atoms with E-state index < -0.39 is 10.0 Å². The van der Waals surface area contributed by atoms with Gasteiger partial charge in [-0.15, -0.1) is 0 Å². The number of hydrogen-bond acceptors (Lipinski definition) is 3. The normalized spacial score (nSPS) is 15.9. The van der Waals surface area contributed by atoms with E-state index in [2.05, 4.69) is 4.57 Å². The lowest BCUT2D eigenvalue weighted by molar-refractivity contribution is 0.0697. The Labute approximate surface area is 165 Å². The Morgan fingerprint density at radius 1 is 1.11 bits per heavy atom. The van der Waals surface area contributed by atoms with Crippen molar-refractivity contribution < 1.29 is 13.2 Å². The molecule has 0 bridgehead atoms. The first-order valence-electron chi connectivity index (χ1n) is 8.98. The average Bonchev–Trinajstić information content (AvgIpc) is 2.95. The van der Waals surface area contributed by atoms with E-state index in [0.29, 0.717) is 18.7 Å². The Bertz CT molecular complexity index is 961. The summed E-state index contributed by atoms with van der Waals surface area (Å²) in [6.45, 7) is 8.03. The largest absolute Gasteiger partial charge is 0.349 e. The molecule has 0 atom stereocenters. The number of aromatic nitrogens is 1. The topological polar surface area (TPSA) is 62.6 Å². The van der Waals surface area contributed by atoms with Gasteiger partial charge in [-0.1, -0.05) is 23.7 Å². The number of halogens is 1. The van der Waals surface area contributed by atoms with Gasteiger partial charge >= 0.3 is 0 Å². The highest BCUT2D eigenvalue weighted by molar-refractivity contribution is 7.89. The first-order chi connectivity index (χ1) is 12.8. The van der Waals surface area contributed by atoms with Crippen LogP contribution in [0.5, 0.6) is 0 Å². The summed E-state index contributed by atoms with van der Waals surface area (Å²) in [5.74, 6) is -0.0439. The van der Waals surface area contributed by atoms with Gasteiger partial charge in [0.05, 0.1) is 10.6 Å². The van der Waals surface area contributed by atoms with Crippen molar-refractivity contribution in [1.29, 1.82) is 0 Å². The minimum absolute atomic E-state index is 0.0439. The molecule has 0 aliphatic carbocycles. The van der Waals surface area contributed by atoms with Crippen LogP contribution in [0.3, 0.4) is 0 Å². The number of carbonyl (C=O) groups excluding carboxylic acids is 1. The number of aryl methyl sites for hydroxylation is 1. The first-order valence-corrected chi connectivity index (χ1v) is 10.8. The quantitative estimate of drug-likeness (QED) is 0.779. The van der Waals surface area contributed by atoms with Crippen LogP contribution in [0.1, 0.15) is 28.7 Å². The van der Waals surface area contributed by atoms with Crippen molar-refractivity contribution in [2.24, 2.45) is 0 Å². The number of benzene rings is 1. The number of piperazine rings is 1. The van der Waals surface area contributed by atoms with E-state index in [4.69, 9.17) is 11.6 Å². The maximum atomic E-state index is 12.9. The molecule has 3 rings (SSSR count). The number of carbonyl (C=O) groups is 1. The van der Waals surface area contributed by atoms with E-state index in [9.17, 15) is 13.2 Å². The molecule has 1 saturated heterocycles. The lowest BCUT2D eigenvalue weighted by Crippen LogP contribution is -2.50. The highest BCUT2D eigenvalue weighted by Gasteiger charge is 2.32. The van der Waals surface area contributed by atoms with Crippen LogP contribution in [0.4, 0.5) is 0 Å². The third kappa shape index (κ3) is 3.63. The zero-order valence-electron chi connectivity index (χ0n) is 15.8. The molecule has 146 valence electrons. The molecule has 0 N–H and O–H groups in total. The Morgan fingerprint density at radius 2 is 1.74 bits per heavy atom. The predicted octanol–water partition coefficient (Wildman–Crippen LogP) is 2.92. The Kier molecular flexibility index (Phi) is 5.65. The smallest absolute Gasteiger partial charge is 0.255 e. The summed E-state index contributed by atoms with van der Waals surface area (Å²) >= 11 is 6.06. The molecule has 1 fully saturated rings. The SMILES string of the molecule is CCn1c(C)cc(C(=O)N2CCN(S(=O)(=O)c3ccccc3Cl)CC2)c1C. The van der Waals surface area contributed by atoms with Crippen molar-refractivity contribution in [1.82, 2.24) is 13.8 Å². The first kappa shape index (κ1) is 19.9. The van der Waals surface area contributed by atoms with Crippen LogP contribution in [0.15, 0.2) is 35.2 Å². The summed E-state index contributed by atoms with van der Waals surface area (Å²) in [6.07, 6.45) is 0. The molecule has 1 aliphatic rings. The van der Waals surface area contributed by atoms with E-state index in [-0.39, 0.29) is 28.9 Å². The lowest BCUT2D eigenvalue weighted by atomic mass is 10.2.